The van der Waals surface area contributed by atoms with E-state index in [9.17, 15) is 19.2 Å². The summed E-state index contributed by atoms with van der Waals surface area (Å²) in [5, 5.41) is 9.72. The van der Waals surface area contributed by atoms with Crippen LogP contribution in [-0.4, -0.2) is 86.1 Å². The van der Waals surface area contributed by atoms with E-state index in [2.05, 4.69) is 88.2 Å². The van der Waals surface area contributed by atoms with Gasteiger partial charge in [-0.25, -0.2) is 19.6 Å². The molecule has 3 unspecified atom stereocenters. The number of nitrogens with zero attached hydrogens (tertiary/aromatic N) is 4. The van der Waals surface area contributed by atoms with Crippen LogP contribution in [0.15, 0.2) is 91.0 Å². The van der Waals surface area contributed by atoms with E-state index < -0.39 is 24.3 Å². The number of fused-ring (bicyclic) bond motifs is 9. The van der Waals surface area contributed by atoms with Crippen LogP contribution in [-0.2, 0) is 19.1 Å². The molecule has 9 atom stereocenters. The van der Waals surface area contributed by atoms with Crippen molar-refractivity contribution in [3.8, 4) is 11.1 Å². The molecule has 14 nitrogen and oxygen atoms in total. The second-order valence-electron chi connectivity index (χ2n) is 18.8. The highest BCUT2D eigenvalue weighted by Gasteiger charge is 2.61. The molecule has 2 aromatic heterocycles. The minimum absolute atomic E-state index is 0.0624. The standard InChI is InChI=1S/C51H52N8O6/c1-25(2)40(56-50(62)64-4)48(60)59-39(24-36-26(3)44(36)59)46-52-37-19-14-30-21-28(12-17-34(30)42(37)54-46)29-13-18-35-31(22-29)15-20-38-43(35)55-47(53-38)45-32-11-16-33(23-32)58(45)49(61)41(57-51(63)65-5)27-9-7-6-8-10-27/h6-10,12-15,17-22,25-26,32-33,36,39-41,44-45H,11,16,23-24H2,1-5H3,(H,52,54)(H,53,55)(H,56,62)(H,57,63)/t26?,32-,33+,36?,39-,40-,41+,44?,45-/m0/s1. The van der Waals surface area contributed by atoms with E-state index in [4.69, 9.17) is 19.4 Å². The third-order valence-electron chi connectivity index (χ3n) is 14.9. The topological polar surface area (TPSA) is 175 Å². The Balaban J connectivity index is 0.876. The van der Waals surface area contributed by atoms with Gasteiger partial charge in [-0.05, 0) is 101 Å². The predicted molar refractivity (Wildman–Crippen MR) is 246 cm³/mol. The number of benzene rings is 5. The molecule has 2 aliphatic heterocycles. The average Bonchev–Trinajstić information content (AvgIpc) is 4.04. The Kier molecular flexibility index (Phi) is 9.81. The molecular weight excluding hydrogens is 821 g/mol. The van der Waals surface area contributed by atoms with E-state index in [0.717, 1.165) is 92.1 Å². The van der Waals surface area contributed by atoms with Gasteiger partial charge >= 0.3 is 12.2 Å². The summed E-state index contributed by atoms with van der Waals surface area (Å²) in [5.74, 6) is 2.19. The third kappa shape index (κ3) is 6.75. The fraction of sp³-hybridized carbons (Fsp3) is 0.373. The van der Waals surface area contributed by atoms with Crippen molar-refractivity contribution in [2.45, 2.75) is 82.7 Å². The molecule has 0 spiro atoms. The van der Waals surface area contributed by atoms with Crippen LogP contribution in [0.4, 0.5) is 9.59 Å². The minimum atomic E-state index is -0.886. The Labute approximate surface area is 375 Å². The molecule has 4 aliphatic rings. The number of amides is 4. The summed E-state index contributed by atoms with van der Waals surface area (Å²) in [5.41, 5.74) is 6.38. The summed E-state index contributed by atoms with van der Waals surface area (Å²) in [6, 6.07) is 28.7. The number of carbonyl (C=O) groups excluding carboxylic acids is 4. The van der Waals surface area contributed by atoms with Gasteiger partial charge in [0.25, 0.3) is 5.91 Å². The molecule has 2 saturated carbocycles. The summed E-state index contributed by atoms with van der Waals surface area (Å²) in [4.78, 5) is 74.8. The van der Waals surface area contributed by atoms with Crippen LogP contribution >= 0.6 is 0 Å². The molecule has 11 rings (SSSR count). The van der Waals surface area contributed by atoms with Crippen LogP contribution in [0.5, 0.6) is 0 Å². The third-order valence-corrected chi connectivity index (χ3v) is 14.9. The Morgan fingerprint density at radius 2 is 1.32 bits per heavy atom. The number of likely N-dealkylation sites (tertiary alicyclic amines) is 2. The Hall–Kier alpha value is -6.96. The van der Waals surface area contributed by atoms with Crippen LogP contribution in [0.2, 0.25) is 0 Å². The largest absolute Gasteiger partial charge is 0.453 e. The molecule has 2 saturated heterocycles. The van der Waals surface area contributed by atoms with Crippen LogP contribution in [0.1, 0.15) is 81.8 Å². The molecule has 65 heavy (non-hydrogen) atoms. The fourth-order valence-electron chi connectivity index (χ4n) is 11.5. The Bertz CT molecular complexity index is 3050. The number of hydrogen-bond donors (Lipinski definition) is 4. The number of H-pyrrole nitrogens is 2. The number of imidazole rings is 2. The maximum atomic E-state index is 14.5. The summed E-state index contributed by atoms with van der Waals surface area (Å²) in [6.45, 7) is 6.05. The van der Waals surface area contributed by atoms with Crippen molar-refractivity contribution in [3.05, 3.63) is 108 Å². The van der Waals surface area contributed by atoms with Gasteiger partial charge in [-0.3, -0.25) is 9.59 Å². The van der Waals surface area contributed by atoms with Crippen LogP contribution in [0, 0.1) is 23.7 Å². The molecule has 2 bridgehead atoms. The van der Waals surface area contributed by atoms with Gasteiger partial charge in [0.1, 0.15) is 23.7 Å². The normalized spacial score (nSPS) is 24.2. The first-order valence-corrected chi connectivity index (χ1v) is 22.7. The smallest absolute Gasteiger partial charge is 0.407 e. The minimum Gasteiger partial charge on any atom is -0.453 e. The Morgan fingerprint density at radius 3 is 1.95 bits per heavy atom. The van der Waals surface area contributed by atoms with Crippen molar-refractivity contribution in [3.63, 3.8) is 0 Å². The van der Waals surface area contributed by atoms with Crippen LogP contribution in [0.3, 0.4) is 0 Å². The molecule has 14 heteroatoms. The van der Waals surface area contributed by atoms with Gasteiger partial charge in [0, 0.05) is 22.9 Å². The number of alkyl carbamates (subject to hydrolysis) is 2. The number of aromatic nitrogens is 4. The second-order valence-corrected chi connectivity index (χ2v) is 18.8. The van der Waals surface area contributed by atoms with Crippen LogP contribution in [0.25, 0.3) is 54.7 Å². The van der Waals surface area contributed by atoms with Gasteiger partial charge in [0.2, 0.25) is 5.91 Å². The van der Waals surface area contributed by atoms with Gasteiger partial charge in [0.05, 0.1) is 48.4 Å². The van der Waals surface area contributed by atoms with Crippen molar-refractivity contribution in [2.75, 3.05) is 14.2 Å². The molecule has 4 heterocycles. The summed E-state index contributed by atoms with van der Waals surface area (Å²) >= 11 is 0. The van der Waals surface area contributed by atoms with Gasteiger partial charge in [-0.2, -0.15) is 0 Å². The Morgan fingerprint density at radius 1 is 0.708 bits per heavy atom. The van der Waals surface area contributed by atoms with Crippen LogP contribution < -0.4 is 10.6 Å². The summed E-state index contributed by atoms with van der Waals surface area (Å²) in [6.07, 6.45) is 2.37. The zero-order chi connectivity index (χ0) is 44.8. The second kappa shape index (κ2) is 15.6. The van der Waals surface area contributed by atoms with E-state index >= 15 is 0 Å². The predicted octanol–water partition coefficient (Wildman–Crippen LogP) is 8.85. The molecule has 5 aromatic carbocycles. The molecule has 4 amide bonds. The molecular formula is C51H52N8O6. The molecule has 4 N–H and O–H groups in total. The highest BCUT2D eigenvalue weighted by Crippen LogP contribution is 2.58. The maximum Gasteiger partial charge on any atom is 0.407 e. The van der Waals surface area contributed by atoms with Gasteiger partial charge in [-0.15, -0.1) is 0 Å². The number of piperidine rings is 2. The lowest BCUT2D eigenvalue weighted by Gasteiger charge is -2.36. The van der Waals surface area contributed by atoms with Crippen molar-refractivity contribution in [1.82, 2.24) is 40.4 Å². The number of hydrogen-bond acceptors (Lipinski definition) is 8. The monoisotopic (exact) mass is 872 g/mol. The van der Waals surface area contributed by atoms with Gasteiger partial charge < -0.3 is 39.9 Å². The molecule has 4 fully saturated rings. The lowest BCUT2D eigenvalue weighted by atomic mass is 9.96. The maximum absolute atomic E-state index is 14.5. The number of aromatic amines is 2. The zero-order valence-electron chi connectivity index (χ0n) is 37.0. The molecule has 332 valence electrons. The van der Waals surface area contributed by atoms with Crippen molar-refractivity contribution < 1.29 is 28.7 Å². The fourth-order valence-corrected chi connectivity index (χ4v) is 11.5. The molecule has 0 radical (unpaired) electrons. The zero-order valence-corrected chi connectivity index (χ0v) is 37.0. The SMILES string of the molecule is COC(=O)N[C@H](C(=O)N1C2C(C)C2C[C@H]1c1nc2c(ccc3cc(-c4ccc5c(ccc6[nH]c([C@@H]7[C@H]8CC[C@H](C8)N7C(=O)[C@H](NC(=O)OC)c7ccccc7)nc65)c4)ccc32)[nH]1)C(C)C. The first-order chi connectivity index (χ1) is 31.5. The van der Waals surface area contributed by atoms with E-state index in [0.29, 0.717) is 17.4 Å². The van der Waals surface area contributed by atoms with E-state index in [-0.39, 0.29) is 47.8 Å². The first-order valence-electron chi connectivity index (χ1n) is 22.7. The number of methoxy groups -OCH3 is 2. The van der Waals surface area contributed by atoms with E-state index in [1.807, 2.05) is 54.0 Å². The lowest BCUT2D eigenvalue weighted by molar-refractivity contribution is -0.138. The van der Waals surface area contributed by atoms with Crippen molar-refractivity contribution >= 4 is 67.6 Å². The summed E-state index contributed by atoms with van der Waals surface area (Å²) < 4.78 is 9.79. The lowest BCUT2D eigenvalue weighted by Crippen LogP contribution is -2.52. The summed E-state index contributed by atoms with van der Waals surface area (Å²) in [7, 11) is 2.61. The van der Waals surface area contributed by atoms with E-state index in [1.165, 1.54) is 14.2 Å². The number of carbonyl (C=O) groups is 4. The van der Waals surface area contributed by atoms with Crippen molar-refractivity contribution in [1.29, 1.82) is 0 Å². The highest BCUT2D eigenvalue weighted by molar-refractivity contribution is 6.07. The highest BCUT2D eigenvalue weighted by atomic mass is 16.5. The van der Waals surface area contributed by atoms with Crippen molar-refractivity contribution in [2.24, 2.45) is 23.7 Å². The first kappa shape index (κ1) is 40.8. The van der Waals surface area contributed by atoms with Gasteiger partial charge in [-0.1, -0.05) is 87.5 Å². The van der Waals surface area contributed by atoms with Gasteiger partial charge in [0.15, 0.2) is 0 Å². The quantitative estimate of drug-likeness (QED) is 0.111. The number of nitrogens with one attached hydrogen (secondary N) is 4. The molecule has 7 aromatic rings. The average molecular weight is 873 g/mol. The number of ether oxygens (including phenoxy) is 2. The van der Waals surface area contributed by atoms with E-state index in [1.54, 1.807) is 0 Å². The number of rotatable bonds is 9. The molecule has 2 aliphatic carbocycles.